The molecule has 1 aliphatic heterocycles. The van der Waals surface area contributed by atoms with Gasteiger partial charge < -0.3 is 15.0 Å². The summed E-state index contributed by atoms with van der Waals surface area (Å²) >= 11 is 0. The van der Waals surface area contributed by atoms with Crippen molar-refractivity contribution >= 4 is 27.3 Å². The first-order valence-electron chi connectivity index (χ1n) is 10.1. The van der Waals surface area contributed by atoms with Gasteiger partial charge in [0.15, 0.2) is 0 Å². The molecule has 1 aromatic carbocycles. The molecule has 1 aliphatic rings. The van der Waals surface area contributed by atoms with Crippen LogP contribution in [0.4, 0.5) is 11.4 Å². The largest absolute Gasteiger partial charge is 0.379 e. The molecule has 1 fully saturated rings. The fraction of sp³-hybridized carbons (Fsp3) is 0.450. The van der Waals surface area contributed by atoms with Crippen molar-refractivity contribution in [2.45, 2.75) is 18.7 Å². The number of sulfonamides is 1. The quantitative estimate of drug-likeness (QED) is 0.668. The van der Waals surface area contributed by atoms with Crippen molar-refractivity contribution in [3.8, 4) is 0 Å². The van der Waals surface area contributed by atoms with Gasteiger partial charge in [-0.15, -0.1) is 0 Å². The molecular formula is C20H27N5O5S. The Kier molecular flexibility index (Phi) is 7.08. The van der Waals surface area contributed by atoms with Crippen LogP contribution in [0.2, 0.25) is 0 Å². The molecule has 0 aliphatic carbocycles. The van der Waals surface area contributed by atoms with Gasteiger partial charge in [0, 0.05) is 39.3 Å². The third-order valence-corrected chi connectivity index (χ3v) is 7.02. The zero-order valence-electron chi connectivity index (χ0n) is 17.9. The number of anilines is 2. The van der Waals surface area contributed by atoms with Crippen LogP contribution >= 0.6 is 0 Å². The highest BCUT2D eigenvalue weighted by molar-refractivity contribution is 7.89. The monoisotopic (exact) mass is 449 g/mol. The first kappa shape index (κ1) is 22.9. The molecule has 1 saturated heterocycles. The lowest BCUT2D eigenvalue weighted by Gasteiger charge is -2.28. The summed E-state index contributed by atoms with van der Waals surface area (Å²) < 4.78 is 33.9. The maximum atomic E-state index is 13.1. The Hall–Kier alpha value is -2.76. The molecule has 1 aromatic heterocycles. The molecule has 0 radical (unpaired) electrons. The van der Waals surface area contributed by atoms with Gasteiger partial charge in [-0.3, -0.25) is 9.59 Å². The molecule has 1 N–H and O–H groups in total. The van der Waals surface area contributed by atoms with Crippen molar-refractivity contribution in [1.29, 1.82) is 0 Å². The molecule has 0 unspecified atom stereocenters. The average molecular weight is 450 g/mol. The van der Waals surface area contributed by atoms with Crippen LogP contribution < -0.4 is 15.8 Å². The van der Waals surface area contributed by atoms with Gasteiger partial charge in [0.05, 0.1) is 29.5 Å². The normalized spacial score (nSPS) is 14.9. The summed E-state index contributed by atoms with van der Waals surface area (Å²) in [5, 5.41) is 6.74. The number of hydrogen-bond acceptors (Lipinski definition) is 7. The Morgan fingerprint density at radius 1 is 1.16 bits per heavy atom. The zero-order chi connectivity index (χ0) is 22.6. The second-order valence-corrected chi connectivity index (χ2v) is 8.94. The van der Waals surface area contributed by atoms with E-state index in [0.717, 1.165) is 4.68 Å². The number of rotatable bonds is 7. The second-order valence-electron chi connectivity index (χ2n) is 7.00. The van der Waals surface area contributed by atoms with Gasteiger partial charge in [-0.1, -0.05) is 0 Å². The van der Waals surface area contributed by atoms with E-state index in [1.54, 1.807) is 12.1 Å². The number of amides is 1. The molecule has 0 saturated carbocycles. The van der Waals surface area contributed by atoms with E-state index in [1.165, 1.54) is 29.6 Å². The van der Waals surface area contributed by atoms with Crippen LogP contribution in [0.3, 0.4) is 0 Å². The zero-order valence-corrected chi connectivity index (χ0v) is 18.7. The van der Waals surface area contributed by atoms with Crippen LogP contribution in [0.1, 0.15) is 24.3 Å². The van der Waals surface area contributed by atoms with E-state index in [9.17, 15) is 18.0 Å². The molecule has 1 amide bonds. The Balaban J connectivity index is 2.00. The van der Waals surface area contributed by atoms with Crippen LogP contribution in [0.15, 0.2) is 40.0 Å². The minimum Gasteiger partial charge on any atom is -0.379 e. The van der Waals surface area contributed by atoms with Crippen molar-refractivity contribution in [1.82, 2.24) is 14.1 Å². The fourth-order valence-electron chi connectivity index (χ4n) is 3.36. The maximum Gasteiger partial charge on any atom is 0.276 e. The number of carbonyl (C=O) groups excluding carboxylic acids is 1. The maximum absolute atomic E-state index is 13.1. The fourth-order valence-corrected chi connectivity index (χ4v) is 4.80. The number of carbonyl (C=O) groups is 1. The molecule has 0 atom stereocenters. The summed E-state index contributed by atoms with van der Waals surface area (Å²) in [5.74, 6) is -0.537. The minimum atomic E-state index is -3.73. The number of hydrogen-bond donors (Lipinski definition) is 1. The van der Waals surface area contributed by atoms with Gasteiger partial charge in [-0.05, 0) is 38.1 Å². The van der Waals surface area contributed by atoms with E-state index >= 15 is 0 Å². The lowest BCUT2D eigenvalue weighted by atomic mass is 10.2. The average Bonchev–Trinajstić information content (AvgIpc) is 2.77. The Morgan fingerprint density at radius 3 is 2.45 bits per heavy atom. The van der Waals surface area contributed by atoms with Crippen molar-refractivity contribution in [2.75, 3.05) is 49.6 Å². The lowest BCUT2D eigenvalue weighted by Crippen LogP contribution is -2.40. The number of benzene rings is 1. The van der Waals surface area contributed by atoms with Gasteiger partial charge in [0.2, 0.25) is 10.0 Å². The summed E-state index contributed by atoms with van der Waals surface area (Å²) in [4.78, 5) is 26.5. The molecular weight excluding hydrogens is 422 g/mol. The van der Waals surface area contributed by atoms with Gasteiger partial charge in [-0.2, -0.15) is 9.40 Å². The molecule has 3 rings (SSSR count). The minimum absolute atomic E-state index is 0.0500. The van der Waals surface area contributed by atoms with Crippen LogP contribution in [0, 0.1) is 0 Å². The predicted octanol–water partition coefficient (Wildman–Crippen LogP) is 0.900. The van der Waals surface area contributed by atoms with Crippen LogP contribution in [0.25, 0.3) is 0 Å². The van der Waals surface area contributed by atoms with E-state index in [2.05, 4.69) is 10.4 Å². The number of ether oxygens (including phenoxy) is 1. The van der Waals surface area contributed by atoms with Crippen molar-refractivity contribution < 1.29 is 17.9 Å². The van der Waals surface area contributed by atoms with E-state index in [0.29, 0.717) is 37.7 Å². The highest BCUT2D eigenvalue weighted by Gasteiger charge is 2.27. The SMILES string of the molecule is CCN(CC)c1ccc(S(=O)(=O)N2CCOCC2)cc1NC(=O)c1ccc(=O)n(C)n1. The number of morpholine rings is 1. The third-order valence-electron chi connectivity index (χ3n) is 5.12. The van der Waals surface area contributed by atoms with E-state index in [1.807, 2.05) is 18.7 Å². The molecule has 31 heavy (non-hydrogen) atoms. The van der Waals surface area contributed by atoms with Crippen molar-refractivity contribution in [2.24, 2.45) is 7.05 Å². The molecule has 2 aromatic rings. The first-order chi connectivity index (χ1) is 14.8. The number of nitrogens with one attached hydrogen (secondary N) is 1. The summed E-state index contributed by atoms with van der Waals surface area (Å²) in [6.07, 6.45) is 0. The summed E-state index contributed by atoms with van der Waals surface area (Å²) in [5.41, 5.74) is 0.774. The predicted molar refractivity (Wildman–Crippen MR) is 117 cm³/mol. The Morgan fingerprint density at radius 2 is 1.84 bits per heavy atom. The number of aryl methyl sites for hydroxylation is 1. The van der Waals surface area contributed by atoms with E-state index in [4.69, 9.17) is 4.74 Å². The second kappa shape index (κ2) is 9.58. The van der Waals surface area contributed by atoms with Crippen LogP contribution in [-0.4, -0.2) is 67.8 Å². The lowest BCUT2D eigenvalue weighted by molar-refractivity contribution is 0.0730. The van der Waals surface area contributed by atoms with Gasteiger partial charge in [-0.25, -0.2) is 13.1 Å². The standard InChI is InChI=1S/C20H27N5O5S/c1-4-24(5-2)18-8-6-15(31(28,29)25-10-12-30-13-11-25)14-17(18)21-20(27)16-7-9-19(26)23(3)22-16/h6-9,14H,4-5,10-13H2,1-3H3,(H,21,27). The first-order valence-corrected chi connectivity index (χ1v) is 11.5. The highest BCUT2D eigenvalue weighted by Crippen LogP contribution is 2.30. The van der Waals surface area contributed by atoms with Gasteiger partial charge in [0.25, 0.3) is 11.5 Å². The topological polar surface area (TPSA) is 114 Å². The molecule has 11 heteroatoms. The Bertz CT molecular complexity index is 1110. The molecule has 10 nitrogen and oxygen atoms in total. The van der Waals surface area contributed by atoms with E-state index < -0.39 is 15.9 Å². The van der Waals surface area contributed by atoms with Crippen molar-refractivity contribution in [3.05, 3.63) is 46.4 Å². The number of aromatic nitrogens is 2. The van der Waals surface area contributed by atoms with E-state index in [-0.39, 0.29) is 29.2 Å². The summed E-state index contributed by atoms with van der Waals surface area (Å²) in [7, 11) is -2.28. The Labute approximate surface area is 181 Å². The van der Waals surface area contributed by atoms with Gasteiger partial charge >= 0.3 is 0 Å². The van der Waals surface area contributed by atoms with Crippen molar-refractivity contribution in [3.63, 3.8) is 0 Å². The molecule has 2 heterocycles. The smallest absolute Gasteiger partial charge is 0.276 e. The summed E-state index contributed by atoms with van der Waals surface area (Å²) in [6.45, 7) is 6.55. The third kappa shape index (κ3) is 4.94. The van der Waals surface area contributed by atoms with Crippen LogP contribution in [0.5, 0.6) is 0 Å². The van der Waals surface area contributed by atoms with Crippen LogP contribution in [-0.2, 0) is 21.8 Å². The summed E-state index contributed by atoms with van der Waals surface area (Å²) in [6, 6.07) is 7.32. The molecule has 168 valence electrons. The molecule has 0 bridgehead atoms. The number of nitrogens with zero attached hydrogens (tertiary/aromatic N) is 4. The van der Waals surface area contributed by atoms with Gasteiger partial charge in [0.1, 0.15) is 5.69 Å². The molecule has 0 spiro atoms. The highest BCUT2D eigenvalue weighted by atomic mass is 32.2.